The van der Waals surface area contributed by atoms with Gasteiger partial charge in [0.1, 0.15) is 0 Å². The molecule has 1 aliphatic heterocycles. The lowest BCUT2D eigenvalue weighted by Gasteiger charge is -2.16. The zero-order chi connectivity index (χ0) is 18.0. The highest BCUT2D eigenvalue weighted by molar-refractivity contribution is 8.14. The van der Waals surface area contributed by atoms with Crippen LogP contribution < -0.4 is 0 Å². The number of carbonyl (C=O) groups excluding carboxylic acids is 1. The van der Waals surface area contributed by atoms with Gasteiger partial charge in [0.05, 0.1) is 10.6 Å². The van der Waals surface area contributed by atoms with Gasteiger partial charge in [-0.25, -0.2) is 4.99 Å². The number of rotatable bonds is 3. The summed E-state index contributed by atoms with van der Waals surface area (Å²) in [5, 5.41) is 11.6. The van der Waals surface area contributed by atoms with Crippen LogP contribution in [-0.4, -0.2) is 32.7 Å². The van der Waals surface area contributed by atoms with Crippen molar-refractivity contribution >= 4 is 34.2 Å². The fourth-order valence-corrected chi connectivity index (χ4v) is 3.59. The van der Waals surface area contributed by atoms with Gasteiger partial charge in [0.2, 0.25) is 0 Å². The van der Waals surface area contributed by atoms with E-state index in [1.807, 2.05) is 38.1 Å². The zero-order valence-electron chi connectivity index (χ0n) is 13.9. The Kier molecular flexibility index (Phi) is 4.85. The van der Waals surface area contributed by atoms with E-state index < -0.39 is 4.92 Å². The van der Waals surface area contributed by atoms with Crippen LogP contribution in [0.5, 0.6) is 0 Å². The lowest BCUT2D eigenvalue weighted by molar-refractivity contribution is -0.384. The fraction of sp³-hybridized carbons (Fsp3) is 0.222. The average Bonchev–Trinajstić information content (AvgIpc) is 2.94. The van der Waals surface area contributed by atoms with E-state index in [1.54, 1.807) is 16.7 Å². The molecule has 1 fully saturated rings. The molecule has 1 heterocycles. The van der Waals surface area contributed by atoms with Crippen LogP contribution in [0.3, 0.4) is 0 Å². The van der Waals surface area contributed by atoms with Crippen molar-refractivity contribution in [3.05, 3.63) is 69.8 Å². The Morgan fingerprint density at radius 1 is 1.28 bits per heavy atom. The maximum Gasteiger partial charge on any atom is 0.269 e. The van der Waals surface area contributed by atoms with E-state index in [2.05, 4.69) is 4.99 Å². The number of aryl methyl sites for hydroxylation is 1. The number of aliphatic imine (C=N–C) groups is 1. The van der Waals surface area contributed by atoms with Crippen LogP contribution >= 0.6 is 11.8 Å². The molecule has 1 amide bonds. The van der Waals surface area contributed by atoms with Crippen molar-refractivity contribution in [1.82, 2.24) is 4.90 Å². The molecule has 2 aromatic rings. The van der Waals surface area contributed by atoms with Gasteiger partial charge in [0.25, 0.3) is 11.6 Å². The molecule has 0 aliphatic carbocycles. The summed E-state index contributed by atoms with van der Waals surface area (Å²) >= 11 is 1.55. The van der Waals surface area contributed by atoms with Gasteiger partial charge in [-0.15, -0.1) is 0 Å². The van der Waals surface area contributed by atoms with Crippen molar-refractivity contribution < 1.29 is 9.72 Å². The third-order valence-corrected chi connectivity index (χ3v) is 4.85. The summed E-state index contributed by atoms with van der Waals surface area (Å²) < 4.78 is 0. The quantitative estimate of drug-likeness (QED) is 0.612. The van der Waals surface area contributed by atoms with E-state index >= 15 is 0 Å². The van der Waals surface area contributed by atoms with Crippen molar-refractivity contribution in [2.24, 2.45) is 4.99 Å². The van der Waals surface area contributed by atoms with E-state index in [9.17, 15) is 14.9 Å². The lowest BCUT2D eigenvalue weighted by atomic mass is 10.2. The molecule has 0 radical (unpaired) electrons. The van der Waals surface area contributed by atoms with Gasteiger partial charge in [-0.05, 0) is 36.8 Å². The Morgan fingerprint density at radius 2 is 2.00 bits per heavy atom. The van der Waals surface area contributed by atoms with Gasteiger partial charge < -0.3 is 0 Å². The molecule has 0 bridgehead atoms. The Hall–Kier alpha value is -2.67. The SMILES string of the molecule is Cc1cccc(N=C2S[C@@H](C)CN2C(=O)c2ccc([N+](=O)[O-])cc2)c1. The molecular weight excluding hydrogens is 338 g/mol. The first-order valence-electron chi connectivity index (χ1n) is 7.82. The standard InChI is InChI=1S/C18H17N3O3S/c1-12-4-3-5-15(10-12)19-18-20(11-13(2)25-18)17(22)14-6-8-16(9-7-14)21(23)24/h3-10,13H,11H2,1-2H3/t13-/m0/s1. The van der Waals surface area contributed by atoms with Crippen molar-refractivity contribution in [1.29, 1.82) is 0 Å². The largest absolute Gasteiger partial charge is 0.286 e. The topological polar surface area (TPSA) is 75.8 Å². The number of benzene rings is 2. The number of hydrogen-bond donors (Lipinski definition) is 0. The third kappa shape index (κ3) is 3.88. The number of nitro benzene ring substituents is 1. The second-order valence-corrected chi connectivity index (χ2v) is 7.29. The fourth-order valence-electron chi connectivity index (χ4n) is 2.56. The van der Waals surface area contributed by atoms with Gasteiger partial charge in [-0.1, -0.05) is 30.8 Å². The minimum atomic E-state index is -0.480. The van der Waals surface area contributed by atoms with E-state index in [1.165, 1.54) is 24.3 Å². The van der Waals surface area contributed by atoms with Crippen molar-refractivity contribution in [2.45, 2.75) is 19.1 Å². The van der Waals surface area contributed by atoms with Gasteiger partial charge in [-0.2, -0.15) is 0 Å². The average molecular weight is 355 g/mol. The smallest absolute Gasteiger partial charge is 0.269 e. The van der Waals surface area contributed by atoms with Gasteiger partial charge in [-0.3, -0.25) is 19.8 Å². The molecule has 0 spiro atoms. The molecular formula is C18H17N3O3S. The maximum atomic E-state index is 12.8. The number of non-ortho nitro benzene ring substituents is 1. The number of amides is 1. The number of carbonyl (C=O) groups is 1. The summed E-state index contributed by atoms with van der Waals surface area (Å²) in [5.74, 6) is -0.196. The van der Waals surface area contributed by atoms with Crippen molar-refractivity contribution in [2.75, 3.05) is 6.54 Å². The molecule has 7 heteroatoms. The van der Waals surface area contributed by atoms with E-state index in [0.717, 1.165) is 11.3 Å². The predicted octanol–water partition coefficient (Wildman–Crippen LogP) is 4.17. The first-order chi connectivity index (χ1) is 11.9. The van der Waals surface area contributed by atoms with E-state index in [4.69, 9.17) is 0 Å². The summed E-state index contributed by atoms with van der Waals surface area (Å²) in [6.45, 7) is 4.60. The highest BCUT2D eigenvalue weighted by atomic mass is 32.2. The molecule has 25 heavy (non-hydrogen) atoms. The predicted molar refractivity (Wildman–Crippen MR) is 99.5 cm³/mol. The molecule has 0 unspecified atom stereocenters. The Balaban J connectivity index is 1.88. The minimum absolute atomic E-state index is 0.0330. The Morgan fingerprint density at radius 3 is 2.64 bits per heavy atom. The first-order valence-corrected chi connectivity index (χ1v) is 8.70. The molecule has 1 aliphatic rings. The highest BCUT2D eigenvalue weighted by Gasteiger charge is 2.31. The third-order valence-electron chi connectivity index (χ3n) is 3.77. The molecule has 0 N–H and O–H groups in total. The normalized spacial score (nSPS) is 18.6. The molecule has 0 aromatic heterocycles. The maximum absolute atomic E-state index is 12.8. The van der Waals surface area contributed by atoms with Crippen LogP contribution in [0.2, 0.25) is 0 Å². The molecule has 2 aromatic carbocycles. The van der Waals surface area contributed by atoms with Gasteiger partial charge >= 0.3 is 0 Å². The molecule has 3 rings (SSSR count). The van der Waals surface area contributed by atoms with Gasteiger partial charge in [0.15, 0.2) is 5.17 Å². The second-order valence-electron chi connectivity index (χ2n) is 5.88. The van der Waals surface area contributed by atoms with Crippen LogP contribution in [0, 0.1) is 17.0 Å². The van der Waals surface area contributed by atoms with E-state index in [-0.39, 0.29) is 16.8 Å². The Bertz CT molecular complexity index is 849. The van der Waals surface area contributed by atoms with Gasteiger partial charge in [0, 0.05) is 29.5 Å². The van der Waals surface area contributed by atoms with Crippen LogP contribution in [0.4, 0.5) is 11.4 Å². The van der Waals surface area contributed by atoms with Crippen LogP contribution in [0.25, 0.3) is 0 Å². The van der Waals surface area contributed by atoms with Crippen LogP contribution in [0.1, 0.15) is 22.8 Å². The first kappa shape index (κ1) is 17.2. The summed E-state index contributed by atoms with van der Waals surface area (Å²) in [5.41, 5.74) is 2.29. The van der Waals surface area contributed by atoms with Crippen LogP contribution in [-0.2, 0) is 0 Å². The molecule has 128 valence electrons. The summed E-state index contributed by atoms with van der Waals surface area (Å²) in [6, 6.07) is 13.4. The lowest BCUT2D eigenvalue weighted by Crippen LogP contribution is -2.32. The van der Waals surface area contributed by atoms with Crippen molar-refractivity contribution in [3.63, 3.8) is 0 Å². The van der Waals surface area contributed by atoms with Crippen LogP contribution in [0.15, 0.2) is 53.5 Å². The summed E-state index contributed by atoms with van der Waals surface area (Å²) in [6.07, 6.45) is 0. The molecule has 1 saturated heterocycles. The summed E-state index contributed by atoms with van der Waals surface area (Å²) in [4.78, 5) is 29.3. The zero-order valence-corrected chi connectivity index (χ0v) is 14.7. The number of hydrogen-bond acceptors (Lipinski definition) is 5. The minimum Gasteiger partial charge on any atom is -0.286 e. The van der Waals surface area contributed by atoms with Crippen molar-refractivity contribution in [3.8, 4) is 0 Å². The number of thioether (sulfide) groups is 1. The highest BCUT2D eigenvalue weighted by Crippen LogP contribution is 2.30. The number of amidine groups is 1. The monoisotopic (exact) mass is 355 g/mol. The second kappa shape index (κ2) is 7.06. The number of nitrogens with zero attached hydrogens (tertiary/aromatic N) is 3. The molecule has 1 atom stereocenters. The molecule has 6 nitrogen and oxygen atoms in total. The molecule has 0 saturated carbocycles. The van der Waals surface area contributed by atoms with E-state index in [0.29, 0.717) is 17.3 Å². The number of nitro groups is 1. The Labute approximate surface area is 149 Å². The summed E-state index contributed by atoms with van der Waals surface area (Å²) in [7, 11) is 0.